The van der Waals surface area contributed by atoms with Gasteiger partial charge >= 0.3 is 11.4 Å². The maximum Gasteiger partial charge on any atom is 0.352 e. The van der Waals surface area contributed by atoms with Crippen molar-refractivity contribution >= 4 is 6.29 Å². The molecule has 1 heterocycles. The van der Waals surface area contributed by atoms with Crippen LogP contribution in [0.2, 0.25) is 0 Å². The zero-order chi connectivity index (χ0) is 13.3. The van der Waals surface area contributed by atoms with Crippen molar-refractivity contribution in [1.82, 2.24) is 14.3 Å². The van der Waals surface area contributed by atoms with E-state index in [1.807, 2.05) is 0 Å². The molecule has 2 aromatic rings. The lowest BCUT2D eigenvalue weighted by Gasteiger charge is -2.16. The van der Waals surface area contributed by atoms with E-state index in [1.165, 1.54) is 0 Å². The Labute approximate surface area is 102 Å². The smallest absolute Gasteiger partial charge is 0.301 e. The molecule has 0 saturated carbocycles. The van der Waals surface area contributed by atoms with Gasteiger partial charge in [-0.1, -0.05) is 18.2 Å². The van der Waals surface area contributed by atoms with Gasteiger partial charge in [0.25, 0.3) is 0 Å². The third-order valence-corrected chi connectivity index (χ3v) is 2.67. The van der Waals surface area contributed by atoms with Gasteiger partial charge in [0.05, 0.1) is 5.69 Å². The van der Waals surface area contributed by atoms with E-state index in [1.54, 1.807) is 44.2 Å². The topological polar surface area (TPSA) is 76.9 Å². The maximum atomic E-state index is 12.1. The summed E-state index contributed by atoms with van der Waals surface area (Å²) in [6, 6.07) is 8.53. The second-order valence-electron chi connectivity index (χ2n) is 4.48. The molecular weight excluding hydrogens is 234 g/mol. The van der Waals surface area contributed by atoms with Crippen LogP contribution in [0.1, 0.15) is 13.8 Å². The largest absolute Gasteiger partial charge is 0.352 e. The SMILES string of the molecule is CC(C)(C=O)n1[nH]c(=O)n(-c2ccccc2)c1=O. The minimum atomic E-state index is -1.09. The lowest BCUT2D eigenvalue weighted by atomic mass is 10.1. The molecule has 0 unspecified atom stereocenters. The van der Waals surface area contributed by atoms with Crippen molar-refractivity contribution in [2.75, 3.05) is 0 Å². The predicted molar refractivity (Wildman–Crippen MR) is 66.0 cm³/mol. The highest BCUT2D eigenvalue weighted by Crippen LogP contribution is 2.06. The predicted octanol–water partition coefficient (Wildman–Crippen LogP) is 0.261. The summed E-state index contributed by atoms with van der Waals surface area (Å²) in [6.07, 6.45) is 0.611. The Bertz CT molecular complexity index is 677. The van der Waals surface area contributed by atoms with Crippen LogP contribution in [0.4, 0.5) is 0 Å². The number of aromatic nitrogens is 3. The van der Waals surface area contributed by atoms with Crippen LogP contribution in [0.15, 0.2) is 39.9 Å². The van der Waals surface area contributed by atoms with Crippen LogP contribution in [0.5, 0.6) is 0 Å². The monoisotopic (exact) mass is 247 g/mol. The van der Waals surface area contributed by atoms with Crippen molar-refractivity contribution in [1.29, 1.82) is 0 Å². The Balaban J connectivity index is 2.71. The molecule has 1 N–H and O–H groups in total. The number of para-hydroxylation sites is 1. The fraction of sp³-hybridized carbons (Fsp3) is 0.250. The number of H-pyrrole nitrogens is 1. The van der Waals surface area contributed by atoms with Crippen molar-refractivity contribution in [3.05, 3.63) is 51.3 Å². The van der Waals surface area contributed by atoms with Crippen LogP contribution in [-0.2, 0) is 10.3 Å². The molecule has 0 atom stereocenters. The molecule has 0 fully saturated rings. The normalized spacial score (nSPS) is 11.4. The van der Waals surface area contributed by atoms with Crippen molar-refractivity contribution < 1.29 is 4.79 Å². The van der Waals surface area contributed by atoms with Crippen molar-refractivity contribution in [3.8, 4) is 5.69 Å². The number of aldehydes is 1. The summed E-state index contributed by atoms with van der Waals surface area (Å²) in [5, 5.41) is 2.38. The number of hydrogen-bond acceptors (Lipinski definition) is 3. The summed E-state index contributed by atoms with van der Waals surface area (Å²) in [7, 11) is 0. The minimum absolute atomic E-state index is 0.462. The maximum absolute atomic E-state index is 12.1. The summed E-state index contributed by atoms with van der Waals surface area (Å²) >= 11 is 0. The number of carbonyl (C=O) groups excluding carboxylic acids is 1. The molecule has 0 aliphatic carbocycles. The second kappa shape index (κ2) is 4.14. The van der Waals surface area contributed by atoms with E-state index in [4.69, 9.17) is 0 Å². The van der Waals surface area contributed by atoms with Crippen LogP contribution < -0.4 is 11.4 Å². The summed E-state index contributed by atoms with van der Waals surface area (Å²) in [5.74, 6) is 0. The van der Waals surface area contributed by atoms with Gasteiger partial charge in [0.2, 0.25) is 0 Å². The summed E-state index contributed by atoms with van der Waals surface area (Å²) < 4.78 is 2.01. The number of nitrogens with zero attached hydrogens (tertiary/aromatic N) is 2. The molecule has 0 bridgehead atoms. The zero-order valence-corrected chi connectivity index (χ0v) is 10.1. The highest BCUT2D eigenvalue weighted by molar-refractivity contribution is 5.60. The number of nitrogens with one attached hydrogen (secondary N) is 1. The van der Waals surface area contributed by atoms with E-state index in [-0.39, 0.29) is 0 Å². The standard InChI is InChI=1S/C12H13N3O3/c1-12(2,8-16)15-11(18)14(10(17)13-15)9-6-4-3-5-7-9/h3-8H,1-2H3,(H,13,17). The van der Waals surface area contributed by atoms with Gasteiger partial charge in [-0.15, -0.1) is 0 Å². The second-order valence-corrected chi connectivity index (χ2v) is 4.48. The molecule has 1 aromatic carbocycles. The highest BCUT2D eigenvalue weighted by atomic mass is 16.2. The van der Waals surface area contributed by atoms with Gasteiger partial charge in [0.15, 0.2) is 0 Å². The van der Waals surface area contributed by atoms with E-state index in [0.29, 0.717) is 12.0 Å². The lowest BCUT2D eigenvalue weighted by molar-refractivity contribution is -0.114. The molecule has 2 rings (SSSR count). The fourth-order valence-electron chi connectivity index (χ4n) is 1.63. The number of rotatable bonds is 3. The first kappa shape index (κ1) is 12.1. The Morgan fingerprint density at radius 2 is 1.78 bits per heavy atom. The van der Waals surface area contributed by atoms with Crippen LogP contribution in [0, 0.1) is 0 Å². The van der Waals surface area contributed by atoms with Crippen molar-refractivity contribution in [3.63, 3.8) is 0 Å². The molecule has 6 heteroatoms. The number of aromatic amines is 1. The summed E-state index contributed by atoms with van der Waals surface area (Å²) in [6.45, 7) is 3.10. The van der Waals surface area contributed by atoms with E-state index < -0.39 is 16.9 Å². The average molecular weight is 247 g/mol. The van der Waals surface area contributed by atoms with Crippen molar-refractivity contribution in [2.24, 2.45) is 0 Å². The van der Waals surface area contributed by atoms with E-state index >= 15 is 0 Å². The number of carbonyl (C=O) groups is 1. The van der Waals surface area contributed by atoms with E-state index in [2.05, 4.69) is 5.10 Å². The Kier molecular flexibility index (Phi) is 2.78. The van der Waals surface area contributed by atoms with Crippen LogP contribution in [0.3, 0.4) is 0 Å². The highest BCUT2D eigenvalue weighted by Gasteiger charge is 2.24. The zero-order valence-electron chi connectivity index (χ0n) is 10.1. The molecule has 1 aromatic heterocycles. The molecule has 0 spiro atoms. The molecule has 0 radical (unpaired) electrons. The van der Waals surface area contributed by atoms with Gasteiger partial charge in [-0.3, -0.25) is 0 Å². The quantitative estimate of drug-likeness (QED) is 0.790. The third kappa shape index (κ3) is 1.81. The first-order valence-electron chi connectivity index (χ1n) is 5.43. The Morgan fingerprint density at radius 1 is 1.17 bits per heavy atom. The fourth-order valence-corrected chi connectivity index (χ4v) is 1.63. The van der Waals surface area contributed by atoms with Gasteiger partial charge in [-0.05, 0) is 26.0 Å². The van der Waals surface area contributed by atoms with Gasteiger partial charge in [-0.25, -0.2) is 23.9 Å². The molecule has 0 aliphatic heterocycles. The molecule has 0 saturated heterocycles. The van der Waals surface area contributed by atoms with Crippen LogP contribution >= 0.6 is 0 Å². The minimum Gasteiger partial charge on any atom is -0.301 e. The van der Waals surface area contributed by atoms with Crippen molar-refractivity contribution in [2.45, 2.75) is 19.4 Å². The molecule has 94 valence electrons. The molecule has 18 heavy (non-hydrogen) atoms. The molecular formula is C12H13N3O3. The first-order valence-corrected chi connectivity index (χ1v) is 5.43. The van der Waals surface area contributed by atoms with Gasteiger partial charge in [0.1, 0.15) is 11.8 Å². The first-order chi connectivity index (χ1) is 8.47. The summed E-state index contributed by atoms with van der Waals surface area (Å²) in [5.41, 5.74) is -1.76. The lowest BCUT2D eigenvalue weighted by Crippen LogP contribution is -2.38. The summed E-state index contributed by atoms with van der Waals surface area (Å²) in [4.78, 5) is 34.9. The van der Waals surface area contributed by atoms with E-state index in [9.17, 15) is 14.4 Å². The number of benzene rings is 1. The molecule has 6 nitrogen and oxygen atoms in total. The van der Waals surface area contributed by atoms with E-state index in [0.717, 1.165) is 9.25 Å². The van der Waals surface area contributed by atoms with Crippen LogP contribution in [0.25, 0.3) is 5.69 Å². The van der Waals surface area contributed by atoms with Gasteiger partial charge < -0.3 is 4.79 Å². The third-order valence-electron chi connectivity index (χ3n) is 2.67. The molecule has 0 amide bonds. The van der Waals surface area contributed by atoms with Gasteiger partial charge in [0, 0.05) is 0 Å². The number of hydrogen-bond donors (Lipinski definition) is 1. The average Bonchev–Trinajstić information content (AvgIpc) is 2.67. The van der Waals surface area contributed by atoms with Crippen LogP contribution in [-0.4, -0.2) is 20.6 Å². The van der Waals surface area contributed by atoms with Gasteiger partial charge in [-0.2, -0.15) is 0 Å². The molecule has 0 aliphatic rings. The Morgan fingerprint density at radius 3 is 2.33 bits per heavy atom. The Hall–Kier alpha value is -2.37.